The minimum Gasteiger partial charge on any atom is -0.388 e. The molecule has 1 heterocycles. The van der Waals surface area contributed by atoms with Crippen molar-refractivity contribution in [2.75, 3.05) is 5.33 Å². The standard InChI is InChI=1S/C11H10BrNO/c12-7-11(14)9-5-6-13-10-4-2-1-3-8(9)10/h1-6,11,14H,7H2/t11-/m1/s1. The zero-order chi connectivity index (χ0) is 9.97. The third-order valence-electron chi connectivity index (χ3n) is 2.19. The molecule has 2 nitrogen and oxygen atoms in total. The van der Waals surface area contributed by atoms with E-state index < -0.39 is 6.10 Å². The number of rotatable bonds is 2. The SMILES string of the molecule is O[C@H](CBr)c1ccnc2ccccc12. The van der Waals surface area contributed by atoms with E-state index in [4.69, 9.17) is 0 Å². The Morgan fingerprint density at radius 1 is 1.29 bits per heavy atom. The maximum Gasteiger partial charge on any atom is 0.0893 e. The Morgan fingerprint density at radius 3 is 2.86 bits per heavy atom. The van der Waals surface area contributed by atoms with Crippen LogP contribution < -0.4 is 0 Å². The van der Waals surface area contributed by atoms with Crippen molar-refractivity contribution in [3.63, 3.8) is 0 Å². The average molecular weight is 252 g/mol. The number of benzene rings is 1. The molecule has 1 N–H and O–H groups in total. The molecule has 0 spiro atoms. The van der Waals surface area contributed by atoms with Crippen LogP contribution in [0, 0.1) is 0 Å². The van der Waals surface area contributed by atoms with Gasteiger partial charge in [-0.2, -0.15) is 0 Å². The number of halogens is 1. The van der Waals surface area contributed by atoms with E-state index in [2.05, 4.69) is 20.9 Å². The maximum absolute atomic E-state index is 9.75. The normalized spacial score (nSPS) is 13.0. The Labute approximate surface area is 90.7 Å². The van der Waals surface area contributed by atoms with Crippen LogP contribution in [0.4, 0.5) is 0 Å². The highest BCUT2D eigenvalue weighted by atomic mass is 79.9. The van der Waals surface area contributed by atoms with E-state index >= 15 is 0 Å². The van der Waals surface area contributed by atoms with Crippen molar-refractivity contribution in [1.82, 2.24) is 4.98 Å². The first-order valence-electron chi connectivity index (χ1n) is 4.40. The van der Waals surface area contributed by atoms with Crippen LogP contribution in [0.3, 0.4) is 0 Å². The van der Waals surface area contributed by atoms with Crippen LogP contribution in [0.5, 0.6) is 0 Å². The zero-order valence-corrected chi connectivity index (χ0v) is 9.11. The van der Waals surface area contributed by atoms with Gasteiger partial charge in [-0.15, -0.1) is 0 Å². The molecule has 3 heteroatoms. The van der Waals surface area contributed by atoms with Gasteiger partial charge in [0.2, 0.25) is 0 Å². The van der Waals surface area contributed by atoms with Crippen LogP contribution in [0.15, 0.2) is 36.5 Å². The lowest BCUT2D eigenvalue weighted by atomic mass is 10.1. The van der Waals surface area contributed by atoms with E-state index in [0.29, 0.717) is 5.33 Å². The third-order valence-corrected chi connectivity index (χ3v) is 2.80. The molecule has 2 aromatic rings. The summed E-state index contributed by atoms with van der Waals surface area (Å²) < 4.78 is 0. The van der Waals surface area contributed by atoms with E-state index in [-0.39, 0.29) is 0 Å². The molecule has 0 saturated heterocycles. The van der Waals surface area contributed by atoms with Gasteiger partial charge in [-0.1, -0.05) is 34.1 Å². The van der Waals surface area contributed by atoms with Crippen molar-refractivity contribution in [3.8, 4) is 0 Å². The summed E-state index contributed by atoms with van der Waals surface area (Å²) in [6.07, 6.45) is 1.26. The number of pyridine rings is 1. The summed E-state index contributed by atoms with van der Waals surface area (Å²) in [7, 11) is 0. The summed E-state index contributed by atoms with van der Waals surface area (Å²) in [5.41, 5.74) is 1.84. The minimum atomic E-state index is -0.470. The van der Waals surface area contributed by atoms with Crippen molar-refractivity contribution in [2.45, 2.75) is 6.10 Å². The van der Waals surface area contributed by atoms with Gasteiger partial charge >= 0.3 is 0 Å². The molecule has 0 fully saturated rings. The lowest BCUT2D eigenvalue weighted by molar-refractivity contribution is 0.207. The second-order valence-corrected chi connectivity index (χ2v) is 3.73. The second-order valence-electron chi connectivity index (χ2n) is 3.09. The molecule has 2 rings (SSSR count). The molecule has 1 aromatic carbocycles. The predicted molar refractivity (Wildman–Crippen MR) is 60.5 cm³/mol. The number of aromatic nitrogens is 1. The number of aliphatic hydroxyl groups excluding tert-OH is 1. The molecular formula is C11H10BrNO. The van der Waals surface area contributed by atoms with Gasteiger partial charge < -0.3 is 5.11 Å². The third kappa shape index (κ3) is 1.65. The number of aliphatic hydroxyl groups is 1. The van der Waals surface area contributed by atoms with Gasteiger partial charge in [0.1, 0.15) is 0 Å². The number of hydrogen-bond acceptors (Lipinski definition) is 2. The smallest absolute Gasteiger partial charge is 0.0893 e. The van der Waals surface area contributed by atoms with Crippen LogP contribution in [0.25, 0.3) is 10.9 Å². The maximum atomic E-state index is 9.75. The fourth-order valence-electron chi connectivity index (χ4n) is 1.49. The lowest BCUT2D eigenvalue weighted by Gasteiger charge is -2.09. The summed E-state index contributed by atoms with van der Waals surface area (Å²) in [5, 5.41) is 11.3. The van der Waals surface area contributed by atoms with Gasteiger partial charge in [-0.3, -0.25) is 4.98 Å². The highest BCUT2D eigenvalue weighted by molar-refractivity contribution is 9.09. The molecule has 0 aliphatic rings. The Bertz CT molecular complexity index is 439. The first kappa shape index (κ1) is 9.62. The van der Waals surface area contributed by atoms with Crippen LogP contribution in [-0.2, 0) is 0 Å². The number of para-hydroxylation sites is 1. The van der Waals surface area contributed by atoms with Crippen LogP contribution in [0.1, 0.15) is 11.7 Å². The molecule has 0 saturated carbocycles. The predicted octanol–water partition coefficient (Wildman–Crippen LogP) is 2.66. The van der Waals surface area contributed by atoms with Crippen LogP contribution in [0.2, 0.25) is 0 Å². The number of hydrogen-bond donors (Lipinski definition) is 1. The average Bonchev–Trinajstić information content (AvgIpc) is 2.27. The Hall–Kier alpha value is -0.930. The van der Waals surface area contributed by atoms with Gasteiger partial charge in [-0.25, -0.2) is 0 Å². The van der Waals surface area contributed by atoms with Gasteiger partial charge in [0.05, 0.1) is 11.6 Å². The molecule has 72 valence electrons. The minimum absolute atomic E-state index is 0.470. The van der Waals surface area contributed by atoms with E-state index in [9.17, 15) is 5.11 Å². The first-order valence-corrected chi connectivity index (χ1v) is 5.53. The molecule has 0 amide bonds. The molecule has 0 bridgehead atoms. The number of fused-ring (bicyclic) bond motifs is 1. The fraction of sp³-hybridized carbons (Fsp3) is 0.182. The molecule has 0 aliphatic carbocycles. The Morgan fingerprint density at radius 2 is 2.07 bits per heavy atom. The van der Waals surface area contributed by atoms with Crippen molar-refractivity contribution in [3.05, 3.63) is 42.1 Å². The van der Waals surface area contributed by atoms with Crippen molar-refractivity contribution >= 4 is 26.8 Å². The Balaban J connectivity index is 2.65. The molecular weight excluding hydrogens is 242 g/mol. The molecule has 1 aromatic heterocycles. The summed E-state index contributed by atoms with van der Waals surface area (Å²) in [6.45, 7) is 0. The lowest BCUT2D eigenvalue weighted by Crippen LogP contribution is -1.99. The summed E-state index contributed by atoms with van der Waals surface area (Å²) in [5.74, 6) is 0. The zero-order valence-electron chi connectivity index (χ0n) is 7.52. The molecule has 0 aliphatic heterocycles. The topological polar surface area (TPSA) is 33.1 Å². The quantitative estimate of drug-likeness (QED) is 0.833. The van der Waals surface area contributed by atoms with E-state index in [1.165, 1.54) is 0 Å². The summed E-state index contributed by atoms with van der Waals surface area (Å²) in [6, 6.07) is 9.67. The second kappa shape index (κ2) is 4.07. The molecule has 14 heavy (non-hydrogen) atoms. The van der Waals surface area contributed by atoms with Gasteiger partial charge in [0.15, 0.2) is 0 Å². The molecule has 1 atom stereocenters. The Kier molecular flexibility index (Phi) is 2.79. The van der Waals surface area contributed by atoms with Crippen LogP contribution >= 0.6 is 15.9 Å². The van der Waals surface area contributed by atoms with Crippen LogP contribution in [-0.4, -0.2) is 15.4 Å². The van der Waals surface area contributed by atoms with Crippen molar-refractivity contribution in [2.24, 2.45) is 0 Å². The summed E-state index contributed by atoms with van der Waals surface area (Å²) in [4.78, 5) is 4.23. The molecule has 0 radical (unpaired) electrons. The van der Waals surface area contributed by atoms with E-state index in [1.807, 2.05) is 30.3 Å². The summed E-state index contributed by atoms with van der Waals surface area (Å²) >= 11 is 3.27. The number of nitrogens with zero attached hydrogens (tertiary/aromatic N) is 1. The van der Waals surface area contributed by atoms with Gasteiger partial charge in [-0.05, 0) is 17.7 Å². The van der Waals surface area contributed by atoms with Crippen molar-refractivity contribution in [1.29, 1.82) is 0 Å². The fourth-order valence-corrected chi connectivity index (χ4v) is 1.84. The van der Waals surface area contributed by atoms with Crippen molar-refractivity contribution < 1.29 is 5.11 Å². The van der Waals surface area contributed by atoms with Gasteiger partial charge in [0, 0.05) is 16.9 Å². The molecule has 0 unspecified atom stereocenters. The monoisotopic (exact) mass is 251 g/mol. The van der Waals surface area contributed by atoms with E-state index in [1.54, 1.807) is 6.20 Å². The largest absolute Gasteiger partial charge is 0.388 e. The number of alkyl halides is 1. The highest BCUT2D eigenvalue weighted by Crippen LogP contribution is 2.23. The van der Waals surface area contributed by atoms with E-state index in [0.717, 1.165) is 16.5 Å². The van der Waals surface area contributed by atoms with Gasteiger partial charge in [0.25, 0.3) is 0 Å². The first-order chi connectivity index (χ1) is 6.83. The highest BCUT2D eigenvalue weighted by Gasteiger charge is 2.09.